The summed E-state index contributed by atoms with van der Waals surface area (Å²) in [6.07, 6.45) is 27.0. The smallest absolute Gasteiger partial charge is 0.268 e. The predicted octanol–water partition coefficient (Wildman–Crippen LogP) is 7.21. The van der Waals surface area contributed by atoms with Gasteiger partial charge in [0.1, 0.15) is 13.2 Å². The number of aliphatic hydroxyl groups is 1. The number of phosphoric ester groups is 1. The van der Waals surface area contributed by atoms with Gasteiger partial charge < -0.3 is 28.8 Å². The standard InChI is InChI=1S/C33H65N2O6P/c1-6-8-10-12-13-14-15-16-17-18-19-20-21-22-23-25-27-33(37)34-31(32(36)26-24-11-9-7-2)30-41-42(38,39)40-29-28-35(3,4)5/h17-18,24,26,31-32,36H,6-16,19-23,25,27-30H2,1-5H3,(H-,34,37,38,39)/b18-17-,26-24+. The summed E-state index contributed by atoms with van der Waals surface area (Å²) in [5.74, 6) is -0.218. The third kappa shape index (κ3) is 27.8. The number of allylic oxidation sites excluding steroid dienone is 3. The van der Waals surface area contributed by atoms with Gasteiger partial charge in [0.05, 0.1) is 39.9 Å². The Morgan fingerprint density at radius 2 is 1.33 bits per heavy atom. The Labute approximate surface area is 258 Å². The molecule has 0 aliphatic rings. The molecule has 248 valence electrons. The number of unbranched alkanes of at least 4 members (excludes halogenated alkanes) is 14. The second-order valence-electron chi connectivity index (χ2n) is 12.5. The second kappa shape index (κ2) is 26.4. The van der Waals surface area contributed by atoms with Gasteiger partial charge in [0.15, 0.2) is 0 Å². The number of rotatable bonds is 29. The predicted molar refractivity (Wildman–Crippen MR) is 173 cm³/mol. The van der Waals surface area contributed by atoms with Gasteiger partial charge in [0.2, 0.25) is 5.91 Å². The SMILES string of the molecule is CCCC/C=C/C(O)C(COP(=O)([O-])OCC[N+](C)(C)C)NC(=O)CCCCCCC/C=C\CCCCCCCCC. The summed E-state index contributed by atoms with van der Waals surface area (Å²) in [6.45, 7) is 4.44. The first kappa shape index (κ1) is 41.0. The van der Waals surface area contributed by atoms with E-state index >= 15 is 0 Å². The average Bonchev–Trinajstić information content (AvgIpc) is 2.92. The van der Waals surface area contributed by atoms with E-state index in [4.69, 9.17) is 9.05 Å². The number of carbonyl (C=O) groups excluding carboxylic acids is 1. The summed E-state index contributed by atoms with van der Waals surface area (Å²) in [4.78, 5) is 24.8. The van der Waals surface area contributed by atoms with E-state index in [0.717, 1.165) is 51.4 Å². The van der Waals surface area contributed by atoms with Crippen LogP contribution in [0.4, 0.5) is 0 Å². The van der Waals surface area contributed by atoms with Crippen molar-refractivity contribution in [2.45, 2.75) is 142 Å². The molecule has 0 saturated carbocycles. The fraction of sp³-hybridized carbons (Fsp3) is 0.848. The monoisotopic (exact) mass is 616 g/mol. The maximum atomic E-state index is 12.6. The molecule has 0 bridgehead atoms. The first-order valence-corrected chi connectivity index (χ1v) is 18.2. The maximum Gasteiger partial charge on any atom is 0.268 e. The molecule has 9 heteroatoms. The van der Waals surface area contributed by atoms with Gasteiger partial charge in [-0.3, -0.25) is 9.36 Å². The molecular formula is C33H65N2O6P. The molecule has 0 aromatic rings. The van der Waals surface area contributed by atoms with E-state index < -0.39 is 20.0 Å². The van der Waals surface area contributed by atoms with Crippen LogP contribution in [0.15, 0.2) is 24.3 Å². The van der Waals surface area contributed by atoms with Crippen molar-refractivity contribution in [2.75, 3.05) is 40.9 Å². The van der Waals surface area contributed by atoms with E-state index in [-0.39, 0.29) is 19.1 Å². The van der Waals surface area contributed by atoms with Gasteiger partial charge in [-0.2, -0.15) is 0 Å². The molecule has 1 amide bonds. The number of nitrogens with one attached hydrogen (secondary N) is 1. The highest BCUT2D eigenvalue weighted by atomic mass is 31.2. The van der Waals surface area contributed by atoms with Gasteiger partial charge in [-0.15, -0.1) is 0 Å². The van der Waals surface area contributed by atoms with Gasteiger partial charge in [-0.1, -0.05) is 109 Å². The van der Waals surface area contributed by atoms with Crippen molar-refractivity contribution in [1.82, 2.24) is 5.32 Å². The molecular weight excluding hydrogens is 551 g/mol. The molecule has 0 saturated heterocycles. The van der Waals surface area contributed by atoms with E-state index in [0.29, 0.717) is 17.4 Å². The number of carbonyl (C=O) groups is 1. The van der Waals surface area contributed by atoms with Crippen LogP contribution in [0.5, 0.6) is 0 Å². The van der Waals surface area contributed by atoms with Gasteiger partial charge in [0.25, 0.3) is 7.82 Å². The molecule has 3 unspecified atom stereocenters. The number of hydrogen-bond donors (Lipinski definition) is 2. The summed E-state index contributed by atoms with van der Waals surface area (Å²) in [5, 5.41) is 13.4. The van der Waals surface area contributed by atoms with Crippen LogP contribution in [0.1, 0.15) is 129 Å². The van der Waals surface area contributed by atoms with Crippen molar-refractivity contribution < 1.29 is 32.9 Å². The topological polar surface area (TPSA) is 108 Å². The zero-order chi connectivity index (χ0) is 31.5. The Balaban J connectivity index is 4.31. The van der Waals surface area contributed by atoms with Gasteiger partial charge in [-0.25, -0.2) is 0 Å². The normalized spacial score (nSPS) is 15.3. The summed E-state index contributed by atoms with van der Waals surface area (Å²) in [6, 6.07) is -0.882. The number of aliphatic hydroxyl groups excluding tert-OH is 1. The first-order chi connectivity index (χ1) is 20.0. The largest absolute Gasteiger partial charge is 0.756 e. The van der Waals surface area contributed by atoms with Crippen LogP contribution in [0.2, 0.25) is 0 Å². The number of hydrogen-bond acceptors (Lipinski definition) is 6. The van der Waals surface area contributed by atoms with Crippen LogP contribution >= 0.6 is 7.82 Å². The van der Waals surface area contributed by atoms with Crippen molar-refractivity contribution in [3.8, 4) is 0 Å². The summed E-state index contributed by atoms with van der Waals surface area (Å²) in [5.41, 5.74) is 0. The molecule has 8 nitrogen and oxygen atoms in total. The molecule has 3 atom stereocenters. The number of likely N-dealkylation sites (N-methyl/N-ethyl adjacent to an activating group) is 1. The van der Waals surface area contributed by atoms with Crippen molar-refractivity contribution in [1.29, 1.82) is 0 Å². The van der Waals surface area contributed by atoms with Crippen molar-refractivity contribution >= 4 is 13.7 Å². The van der Waals surface area contributed by atoms with Crippen LogP contribution in [-0.2, 0) is 18.4 Å². The van der Waals surface area contributed by atoms with Crippen LogP contribution in [-0.4, -0.2) is 68.5 Å². The summed E-state index contributed by atoms with van der Waals surface area (Å²) in [7, 11) is 1.24. The fourth-order valence-corrected chi connectivity index (χ4v) is 5.09. The lowest BCUT2D eigenvalue weighted by molar-refractivity contribution is -0.870. The van der Waals surface area contributed by atoms with E-state index in [2.05, 4.69) is 31.3 Å². The number of phosphoric acid groups is 1. The van der Waals surface area contributed by atoms with Crippen molar-refractivity contribution in [3.05, 3.63) is 24.3 Å². The van der Waals surface area contributed by atoms with Crippen molar-refractivity contribution in [2.24, 2.45) is 0 Å². The summed E-state index contributed by atoms with van der Waals surface area (Å²) >= 11 is 0. The minimum Gasteiger partial charge on any atom is -0.756 e. The first-order valence-electron chi connectivity index (χ1n) is 16.7. The Hall–Kier alpha value is -1.02. The zero-order valence-electron chi connectivity index (χ0n) is 27.7. The number of amides is 1. The minimum atomic E-state index is -4.56. The molecule has 2 N–H and O–H groups in total. The molecule has 0 aromatic carbocycles. The third-order valence-electron chi connectivity index (χ3n) is 7.16. The Morgan fingerprint density at radius 3 is 1.90 bits per heavy atom. The minimum absolute atomic E-state index is 0.00365. The molecule has 0 rings (SSSR count). The van der Waals surface area contributed by atoms with Crippen LogP contribution < -0.4 is 10.2 Å². The van der Waals surface area contributed by atoms with E-state index in [1.165, 1.54) is 57.8 Å². The molecule has 0 fully saturated rings. The molecule has 42 heavy (non-hydrogen) atoms. The van der Waals surface area contributed by atoms with Crippen LogP contribution in [0, 0.1) is 0 Å². The Morgan fingerprint density at radius 1 is 0.810 bits per heavy atom. The Bertz CT molecular complexity index is 753. The van der Waals surface area contributed by atoms with E-state index in [1.807, 2.05) is 27.2 Å². The number of quaternary nitrogens is 1. The highest BCUT2D eigenvalue weighted by Crippen LogP contribution is 2.38. The Kier molecular flexibility index (Phi) is 25.7. The van der Waals surface area contributed by atoms with Gasteiger partial charge in [0, 0.05) is 6.42 Å². The highest BCUT2D eigenvalue weighted by Gasteiger charge is 2.23. The highest BCUT2D eigenvalue weighted by molar-refractivity contribution is 7.45. The fourth-order valence-electron chi connectivity index (χ4n) is 4.36. The van der Waals surface area contributed by atoms with Crippen LogP contribution in [0.25, 0.3) is 0 Å². The molecule has 0 spiro atoms. The van der Waals surface area contributed by atoms with Crippen molar-refractivity contribution in [3.63, 3.8) is 0 Å². The second-order valence-corrected chi connectivity index (χ2v) is 13.9. The third-order valence-corrected chi connectivity index (χ3v) is 8.12. The maximum absolute atomic E-state index is 12.6. The zero-order valence-corrected chi connectivity index (χ0v) is 28.6. The van der Waals surface area contributed by atoms with E-state index in [1.54, 1.807) is 6.08 Å². The van der Waals surface area contributed by atoms with E-state index in [9.17, 15) is 19.4 Å². The van der Waals surface area contributed by atoms with Crippen LogP contribution in [0.3, 0.4) is 0 Å². The molecule has 0 radical (unpaired) electrons. The molecule has 0 heterocycles. The summed E-state index contributed by atoms with van der Waals surface area (Å²) < 4.78 is 22.8. The lowest BCUT2D eigenvalue weighted by Crippen LogP contribution is -2.45. The molecule has 0 aromatic heterocycles. The number of nitrogens with zero attached hydrogens (tertiary/aromatic N) is 1. The molecule has 0 aliphatic carbocycles. The lowest BCUT2D eigenvalue weighted by atomic mass is 10.1. The lowest BCUT2D eigenvalue weighted by Gasteiger charge is -2.29. The van der Waals surface area contributed by atoms with Gasteiger partial charge >= 0.3 is 0 Å². The molecule has 0 aliphatic heterocycles. The average molecular weight is 617 g/mol. The van der Waals surface area contributed by atoms with Gasteiger partial charge in [-0.05, 0) is 38.5 Å². The quantitative estimate of drug-likeness (QED) is 0.0398.